The monoisotopic (exact) mass is 290 g/mol. The molecule has 1 heterocycles. The summed E-state index contributed by atoms with van der Waals surface area (Å²) < 4.78 is 5.39. The fourth-order valence-corrected chi connectivity index (χ4v) is 2.87. The van der Waals surface area contributed by atoms with Gasteiger partial charge in [0.05, 0.1) is 13.2 Å². The van der Waals surface area contributed by atoms with Crippen LogP contribution in [-0.4, -0.2) is 37.6 Å². The number of nitrogens with one attached hydrogen (secondary N) is 1. The average Bonchev–Trinajstić information content (AvgIpc) is 2.75. The van der Waals surface area contributed by atoms with Gasteiger partial charge in [-0.3, -0.25) is 4.79 Å². The summed E-state index contributed by atoms with van der Waals surface area (Å²) in [6.07, 6.45) is 4.45. The van der Waals surface area contributed by atoms with Gasteiger partial charge >= 0.3 is 0 Å². The summed E-state index contributed by atoms with van der Waals surface area (Å²) in [5.74, 6) is 1.02. The Morgan fingerprint density at radius 3 is 2.95 bits per heavy atom. The van der Waals surface area contributed by atoms with Crippen molar-refractivity contribution in [1.29, 1.82) is 0 Å². The van der Waals surface area contributed by atoms with Gasteiger partial charge in [-0.25, -0.2) is 0 Å². The van der Waals surface area contributed by atoms with Crippen LogP contribution in [-0.2, 0) is 11.3 Å². The maximum Gasteiger partial charge on any atom is 0.239 e. The number of benzene rings is 1. The number of methoxy groups -OCH3 is 1. The Labute approximate surface area is 127 Å². The van der Waals surface area contributed by atoms with E-state index in [9.17, 15) is 4.79 Å². The van der Waals surface area contributed by atoms with E-state index in [-0.39, 0.29) is 11.9 Å². The number of amides is 1. The van der Waals surface area contributed by atoms with E-state index in [1.54, 1.807) is 12.0 Å². The molecule has 4 heteroatoms. The van der Waals surface area contributed by atoms with E-state index in [2.05, 4.69) is 18.3 Å². The van der Waals surface area contributed by atoms with Gasteiger partial charge in [-0.1, -0.05) is 30.5 Å². The summed E-state index contributed by atoms with van der Waals surface area (Å²) in [4.78, 5) is 14.4. The van der Waals surface area contributed by atoms with E-state index < -0.39 is 0 Å². The number of nitrogens with zero attached hydrogens (tertiary/aromatic N) is 1. The fourth-order valence-electron chi connectivity index (χ4n) is 2.87. The minimum absolute atomic E-state index is 0.0340. The standard InChI is InChI=1S/C17H26N2O2/c1-13-8-9-16(21-3)14(11-13)12-19(2)17(20)15-7-5-4-6-10-18-15/h8-9,11,15,18H,4-7,10,12H2,1-3H3. The van der Waals surface area contributed by atoms with Gasteiger partial charge in [0.1, 0.15) is 5.75 Å². The first-order valence-electron chi connectivity index (χ1n) is 7.73. The molecule has 116 valence electrons. The topological polar surface area (TPSA) is 41.6 Å². The van der Waals surface area contributed by atoms with Gasteiger partial charge in [0.15, 0.2) is 0 Å². The van der Waals surface area contributed by atoms with Gasteiger partial charge in [-0.05, 0) is 32.4 Å². The second-order valence-corrected chi connectivity index (χ2v) is 5.87. The summed E-state index contributed by atoms with van der Waals surface area (Å²) >= 11 is 0. The quantitative estimate of drug-likeness (QED) is 0.926. The highest BCUT2D eigenvalue weighted by molar-refractivity contribution is 5.81. The van der Waals surface area contributed by atoms with Crippen molar-refractivity contribution in [2.75, 3.05) is 20.7 Å². The van der Waals surface area contributed by atoms with Crippen molar-refractivity contribution in [3.8, 4) is 5.75 Å². The predicted octanol–water partition coefficient (Wildman–Crippen LogP) is 2.49. The predicted molar refractivity (Wildman–Crippen MR) is 84.5 cm³/mol. The van der Waals surface area contributed by atoms with Crippen molar-refractivity contribution in [2.24, 2.45) is 0 Å². The smallest absolute Gasteiger partial charge is 0.239 e. The van der Waals surface area contributed by atoms with E-state index in [0.717, 1.165) is 30.7 Å². The summed E-state index contributed by atoms with van der Waals surface area (Å²) in [6, 6.07) is 6.04. The number of carbonyl (C=O) groups excluding carboxylic acids is 1. The molecule has 21 heavy (non-hydrogen) atoms. The summed E-state index contributed by atoms with van der Waals surface area (Å²) in [5.41, 5.74) is 2.24. The lowest BCUT2D eigenvalue weighted by Gasteiger charge is -2.24. The van der Waals surface area contributed by atoms with Gasteiger partial charge < -0.3 is 15.0 Å². The third-order valence-electron chi connectivity index (χ3n) is 4.08. The molecule has 1 unspecified atom stereocenters. The number of likely N-dealkylation sites (N-methyl/N-ethyl adjacent to an activating group) is 1. The summed E-state index contributed by atoms with van der Waals surface area (Å²) in [5, 5.41) is 3.37. The number of ether oxygens (including phenoxy) is 1. The lowest BCUT2D eigenvalue weighted by atomic mass is 10.1. The van der Waals surface area contributed by atoms with Crippen LogP contribution in [0.2, 0.25) is 0 Å². The molecule has 1 amide bonds. The molecule has 1 aliphatic heterocycles. The molecule has 1 aromatic carbocycles. The Balaban J connectivity index is 2.04. The van der Waals surface area contributed by atoms with Gasteiger partial charge in [0.25, 0.3) is 0 Å². The van der Waals surface area contributed by atoms with Crippen molar-refractivity contribution in [2.45, 2.75) is 45.2 Å². The van der Waals surface area contributed by atoms with Gasteiger partial charge in [-0.15, -0.1) is 0 Å². The fraction of sp³-hybridized carbons (Fsp3) is 0.588. The largest absolute Gasteiger partial charge is 0.496 e. The molecule has 0 radical (unpaired) electrons. The molecule has 0 saturated carbocycles. The van der Waals surface area contributed by atoms with Crippen LogP contribution in [0.3, 0.4) is 0 Å². The highest BCUT2D eigenvalue weighted by Crippen LogP contribution is 2.21. The first-order chi connectivity index (χ1) is 10.1. The van der Waals surface area contributed by atoms with Crippen LogP contribution in [0.15, 0.2) is 18.2 Å². The molecule has 1 aliphatic rings. The number of hydrogen-bond acceptors (Lipinski definition) is 3. The molecule has 1 N–H and O–H groups in total. The third-order valence-corrected chi connectivity index (χ3v) is 4.08. The van der Waals surface area contributed by atoms with Gasteiger partial charge in [-0.2, -0.15) is 0 Å². The van der Waals surface area contributed by atoms with Gasteiger partial charge in [0, 0.05) is 19.2 Å². The molecule has 0 bridgehead atoms. The zero-order valence-corrected chi connectivity index (χ0v) is 13.3. The zero-order valence-electron chi connectivity index (χ0n) is 13.3. The summed E-state index contributed by atoms with van der Waals surface area (Å²) in [7, 11) is 3.54. The molecule has 0 spiro atoms. The maximum absolute atomic E-state index is 12.6. The molecule has 1 aromatic rings. The van der Waals surface area contributed by atoms with E-state index in [1.807, 2.05) is 19.2 Å². The Morgan fingerprint density at radius 2 is 2.19 bits per heavy atom. The number of carbonyl (C=O) groups is 1. The van der Waals surface area contributed by atoms with Crippen LogP contribution in [0.4, 0.5) is 0 Å². The van der Waals surface area contributed by atoms with Crippen molar-refractivity contribution in [1.82, 2.24) is 10.2 Å². The lowest BCUT2D eigenvalue weighted by molar-refractivity contribution is -0.132. The van der Waals surface area contributed by atoms with E-state index in [0.29, 0.717) is 6.54 Å². The third kappa shape index (κ3) is 4.21. The Bertz CT molecular complexity index is 480. The molecule has 1 atom stereocenters. The zero-order chi connectivity index (χ0) is 15.2. The van der Waals surface area contributed by atoms with E-state index in [4.69, 9.17) is 4.74 Å². The molecule has 1 saturated heterocycles. The highest BCUT2D eigenvalue weighted by atomic mass is 16.5. The molecule has 0 aliphatic carbocycles. The number of rotatable bonds is 4. The van der Waals surface area contributed by atoms with E-state index in [1.165, 1.54) is 18.4 Å². The maximum atomic E-state index is 12.6. The number of aryl methyl sites for hydroxylation is 1. The van der Waals surface area contributed by atoms with E-state index >= 15 is 0 Å². The number of hydrogen-bond donors (Lipinski definition) is 1. The van der Waals surface area contributed by atoms with Crippen molar-refractivity contribution < 1.29 is 9.53 Å². The molecular weight excluding hydrogens is 264 g/mol. The van der Waals surface area contributed by atoms with Crippen LogP contribution >= 0.6 is 0 Å². The van der Waals surface area contributed by atoms with Crippen LogP contribution in [0.1, 0.15) is 36.8 Å². The summed E-state index contributed by atoms with van der Waals surface area (Å²) in [6.45, 7) is 3.58. The first kappa shape index (κ1) is 15.8. The van der Waals surface area contributed by atoms with Crippen molar-refractivity contribution in [3.63, 3.8) is 0 Å². The molecule has 0 aromatic heterocycles. The van der Waals surface area contributed by atoms with Crippen LogP contribution in [0, 0.1) is 6.92 Å². The minimum atomic E-state index is -0.0340. The Kier molecular flexibility index (Phi) is 5.62. The van der Waals surface area contributed by atoms with Crippen LogP contribution in [0.5, 0.6) is 5.75 Å². The van der Waals surface area contributed by atoms with Crippen molar-refractivity contribution >= 4 is 5.91 Å². The van der Waals surface area contributed by atoms with Gasteiger partial charge in [0.2, 0.25) is 5.91 Å². The van der Waals surface area contributed by atoms with Crippen molar-refractivity contribution in [3.05, 3.63) is 29.3 Å². The molecule has 1 fully saturated rings. The first-order valence-corrected chi connectivity index (χ1v) is 7.73. The second kappa shape index (κ2) is 7.46. The minimum Gasteiger partial charge on any atom is -0.496 e. The second-order valence-electron chi connectivity index (χ2n) is 5.87. The Morgan fingerprint density at radius 1 is 1.38 bits per heavy atom. The molecule has 2 rings (SSSR count). The SMILES string of the molecule is COc1ccc(C)cc1CN(C)C(=O)C1CCCCCN1. The highest BCUT2D eigenvalue weighted by Gasteiger charge is 2.23. The van der Waals surface area contributed by atoms with Crippen LogP contribution < -0.4 is 10.1 Å². The molecule has 4 nitrogen and oxygen atoms in total. The van der Waals surface area contributed by atoms with Crippen LogP contribution in [0.25, 0.3) is 0 Å². The average molecular weight is 290 g/mol. The Hall–Kier alpha value is -1.55. The normalized spacial score (nSPS) is 18.9. The molecular formula is C17H26N2O2. The lowest BCUT2D eigenvalue weighted by Crippen LogP contribution is -2.44.